The number of benzene rings is 1. The summed E-state index contributed by atoms with van der Waals surface area (Å²) in [6.45, 7) is 2.27. The lowest BCUT2D eigenvalue weighted by Crippen LogP contribution is -2.04. The molecule has 0 aliphatic rings. The van der Waals surface area contributed by atoms with Crippen LogP contribution in [0.15, 0.2) is 24.4 Å². The van der Waals surface area contributed by atoms with E-state index in [1.54, 1.807) is 24.4 Å². The molecule has 8 heteroatoms. The zero-order valence-electron chi connectivity index (χ0n) is 11.5. The fourth-order valence-electron chi connectivity index (χ4n) is 1.96. The molecule has 0 saturated carbocycles. The first-order valence-corrected chi connectivity index (χ1v) is 7.22. The van der Waals surface area contributed by atoms with Crippen LogP contribution < -0.4 is 10.5 Å². The molecule has 2 N–H and O–H groups in total. The van der Waals surface area contributed by atoms with Crippen molar-refractivity contribution in [3.63, 3.8) is 0 Å². The highest BCUT2D eigenvalue weighted by molar-refractivity contribution is 6.35. The van der Waals surface area contributed by atoms with E-state index in [0.717, 1.165) is 0 Å². The molecular weight excluding hydrogens is 325 g/mol. The highest BCUT2D eigenvalue weighted by Gasteiger charge is 2.13. The Morgan fingerprint density at radius 1 is 1.18 bits per heavy atom. The third kappa shape index (κ3) is 2.75. The minimum absolute atomic E-state index is 0.0822. The monoisotopic (exact) mass is 335 g/mol. The molecule has 0 unspecified atom stereocenters. The van der Waals surface area contributed by atoms with E-state index in [2.05, 4.69) is 19.9 Å². The molecule has 112 valence electrons. The van der Waals surface area contributed by atoms with E-state index >= 15 is 0 Å². The second kappa shape index (κ2) is 5.90. The van der Waals surface area contributed by atoms with Crippen molar-refractivity contribution in [1.82, 2.24) is 19.9 Å². The predicted octanol–water partition coefficient (Wildman–Crippen LogP) is 3.37. The summed E-state index contributed by atoms with van der Waals surface area (Å²) in [4.78, 5) is 16.8. The summed E-state index contributed by atoms with van der Waals surface area (Å²) in [5, 5.41) is 1.08. The second-order valence-electron chi connectivity index (χ2n) is 4.37. The highest BCUT2D eigenvalue weighted by Crippen LogP contribution is 2.31. The first-order valence-electron chi connectivity index (χ1n) is 6.47. The van der Waals surface area contributed by atoms with Gasteiger partial charge in [-0.25, -0.2) is 9.97 Å². The summed E-state index contributed by atoms with van der Waals surface area (Å²) >= 11 is 12.2. The summed E-state index contributed by atoms with van der Waals surface area (Å²) in [5.41, 5.74) is 7.64. The zero-order valence-corrected chi connectivity index (χ0v) is 13.1. The van der Waals surface area contributed by atoms with Crippen molar-refractivity contribution in [3.8, 4) is 17.1 Å². The second-order valence-corrected chi connectivity index (χ2v) is 5.22. The summed E-state index contributed by atoms with van der Waals surface area (Å²) in [6, 6.07) is 5.13. The number of nitrogens with zero attached hydrogens (tertiary/aromatic N) is 4. The van der Waals surface area contributed by atoms with E-state index in [9.17, 15) is 0 Å². The van der Waals surface area contributed by atoms with Crippen LogP contribution in [-0.2, 0) is 0 Å². The molecule has 0 aliphatic heterocycles. The Balaban J connectivity index is 2.22. The van der Waals surface area contributed by atoms with Crippen LogP contribution in [0.5, 0.6) is 5.88 Å². The van der Waals surface area contributed by atoms with Crippen LogP contribution in [0.3, 0.4) is 0 Å². The Morgan fingerprint density at radius 2 is 2.00 bits per heavy atom. The topological polar surface area (TPSA) is 86.8 Å². The molecule has 3 rings (SSSR count). The lowest BCUT2D eigenvalue weighted by molar-refractivity contribution is 0.330. The van der Waals surface area contributed by atoms with E-state index in [1.165, 1.54) is 0 Å². The van der Waals surface area contributed by atoms with Gasteiger partial charge in [-0.1, -0.05) is 23.2 Å². The van der Waals surface area contributed by atoms with Gasteiger partial charge in [-0.3, -0.25) is 0 Å². The van der Waals surface area contributed by atoms with Crippen LogP contribution in [0, 0.1) is 0 Å². The number of halogens is 2. The maximum absolute atomic E-state index is 6.20. The fraction of sp³-hybridized carbons (Fsp3) is 0.143. The normalized spacial score (nSPS) is 10.9. The largest absolute Gasteiger partial charge is 0.476 e. The molecule has 0 aliphatic carbocycles. The van der Waals surface area contributed by atoms with Gasteiger partial charge in [0.15, 0.2) is 11.2 Å². The Labute approximate surface area is 136 Å². The van der Waals surface area contributed by atoms with Crippen molar-refractivity contribution < 1.29 is 4.74 Å². The molecule has 3 aromatic rings. The number of nitrogens with two attached hydrogens (primary N) is 1. The molecule has 0 saturated heterocycles. The molecule has 0 bridgehead atoms. The Hall–Kier alpha value is -2.18. The number of ether oxygens (including phenoxy) is 1. The quantitative estimate of drug-likeness (QED) is 0.789. The average molecular weight is 336 g/mol. The van der Waals surface area contributed by atoms with Crippen molar-refractivity contribution in [3.05, 3.63) is 34.4 Å². The Kier molecular flexibility index (Phi) is 3.96. The Bertz CT molecular complexity index is 856. The number of rotatable bonds is 3. The van der Waals surface area contributed by atoms with Gasteiger partial charge in [0.2, 0.25) is 11.8 Å². The Morgan fingerprint density at radius 3 is 2.77 bits per heavy atom. The number of nitrogen functional groups attached to an aromatic ring is 1. The fourth-order valence-corrected chi connectivity index (χ4v) is 2.35. The molecule has 0 fully saturated rings. The minimum Gasteiger partial charge on any atom is -0.476 e. The standard InChI is InChI=1S/C14H11Cl2N5O/c1-2-22-13-11-12(20-14(17)21-13)18-6-10(19-11)8-5-7(15)3-4-9(8)16/h3-6H,2H2,1H3,(H2,17,18,20,21). The van der Waals surface area contributed by atoms with Gasteiger partial charge in [-0.05, 0) is 25.1 Å². The smallest absolute Gasteiger partial charge is 0.247 e. The summed E-state index contributed by atoms with van der Waals surface area (Å²) in [5.74, 6) is 0.372. The van der Waals surface area contributed by atoms with Gasteiger partial charge in [0.1, 0.15) is 0 Å². The van der Waals surface area contributed by atoms with E-state index in [4.69, 9.17) is 33.7 Å². The molecule has 2 heterocycles. The van der Waals surface area contributed by atoms with Gasteiger partial charge in [-0.15, -0.1) is 0 Å². The third-order valence-corrected chi connectivity index (χ3v) is 3.44. The number of hydrogen-bond donors (Lipinski definition) is 1. The van der Waals surface area contributed by atoms with Crippen molar-refractivity contribution in [1.29, 1.82) is 0 Å². The van der Waals surface area contributed by atoms with Gasteiger partial charge < -0.3 is 10.5 Å². The predicted molar refractivity (Wildman–Crippen MR) is 86.2 cm³/mol. The molecule has 22 heavy (non-hydrogen) atoms. The average Bonchev–Trinajstić information content (AvgIpc) is 2.49. The lowest BCUT2D eigenvalue weighted by atomic mass is 10.1. The lowest BCUT2D eigenvalue weighted by Gasteiger charge is -2.08. The maximum atomic E-state index is 6.20. The first kappa shape index (κ1) is 14.7. The molecule has 6 nitrogen and oxygen atoms in total. The number of aromatic nitrogens is 4. The number of fused-ring (bicyclic) bond motifs is 1. The van der Waals surface area contributed by atoms with Crippen LogP contribution in [0.2, 0.25) is 10.0 Å². The molecule has 0 radical (unpaired) electrons. The van der Waals surface area contributed by atoms with Gasteiger partial charge >= 0.3 is 0 Å². The van der Waals surface area contributed by atoms with E-state index < -0.39 is 0 Å². The third-order valence-electron chi connectivity index (χ3n) is 2.88. The first-order chi connectivity index (χ1) is 10.6. The van der Waals surface area contributed by atoms with E-state index in [-0.39, 0.29) is 11.8 Å². The van der Waals surface area contributed by atoms with Crippen molar-refractivity contribution in [2.75, 3.05) is 12.3 Å². The summed E-state index contributed by atoms with van der Waals surface area (Å²) in [7, 11) is 0. The molecular formula is C14H11Cl2N5O. The van der Waals surface area contributed by atoms with Crippen molar-refractivity contribution in [2.24, 2.45) is 0 Å². The van der Waals surface area contributed by atoms with Crippen molar-refractivity contribution in [2.45, 2.75) is 6.92 Å². The van der Waals surface area contributed by atoms with Crippen LogP contribution in [0.1, 0.15) is 6.92 Å². The van der Waals surface area contributed by atoms with Gasteiger partial charge in [0.05, 0.1) is 23.5 Å². The van der Waals surface area contributed by atoms with Crippen molar-refractivity contribution >= 4 is 40.3 Å². The molecule has 0 spiro atoms. The number of hydrogen-bond acceptors (Lipinski definition) is 6. The van der Waals surface area contributed by atoms with Gasteiger partial charge in [0, 0.05) is 10.6 Å². The molecule has 2 aromatic heterocycles. The molecule has 1 aromatic carbocycles. The summed E-state index contributed by atoms with van der Waals surface area (Å²) < 4.78 is 5.45. The summed E-state index contributed by atoms with van der Waals surface area (Å²) in [6.07, 6.45) is 1.56. The van der Waals surface area contributed by atoms with Gasteiger partial charge in [-0.2, -0.15) is 9.97 Å². The highest BCUT2D eigenvalue weighted by atomic mass is 35.5. The maximum Gasteiger partial charge on any atom is 0.247 e. The van der Waals surface area contributed by atoms with Crippen LogP contribution >= 0.6 is 23.2 Å². The SMILES string of the molecule is CCOc1nc(N)nc2ncc(-c3cc(Cl)ccc3Cl)nc12. The van der Waals surface area contributed by atoms with E-state index in [0.29, 0.717) is 39.1 Å². The van der Waals surface area contributed by atoms with Crippen LogP contribution in [0.4, 0.5) is 5.95 Å². The zero-order chi connectivity index (χ0) is 15.7. The molecule has 0 atom stereocenters. The van der Waals surface area contributed by atoms with Gasteiger partial charge in [0.25, 0.3) is 0 Å². The van der Waals surface area contributed by atoms with Crippen LogP contribution in [-0.4, -0.2) is 26.5 Å². The van der Waals surface area contributed by atoms with Crippen LogP contribution in [0.25, 0.3) is 22.4 Å². The minimum atomic E-state index is 0.0822. The van der Waals surface area contributed by atoms with E-state index in [1.807, 2.05) is 6.92 Å². The number of anilines is 1. The molecule has 0 amide bonds.